The number of piperidine rings is 1. The summed E-state index contributed by atoms with van der Waals surface area (Å²) in [4.78, 5) is 17.9. The minimum atomic E-state index is -0.355. The van der Waals surface area contributed by atoms with E-state index in [-0.39, 0.29) is 28.7 Å². The molecule has 5 rings (SSSR count). The number of likely N-dealkylation sites (tertiary alicyclic amines) is 1. The molecule has 6 heteroatoms. The van der Waals surface area contributed by atoms with Crippen LogP contribution in [0.4, 0.5) is 0 Å². The molecule has 35 heavy (non-hydrogen) atoms. The van der Waals surface area contributed by atoms with Crippen LogP contribution in [-0.4, -0.2) is 66.2 Å². The van der Waals surface area contributed by atoms with Gasteiger partial charge in [-0.25, -0.2) is 0 Å². The number of benzene rings is 1. The zero-order chi connectivity index (χ0) is 24.8. The van der Waals surface area contributed by atoms with Gasteiger partial charge >= 0.3 is 0 Å². The molecule has 2 saturated carbocycles. The molecule has 1 aliphatic heterocycles. The van der Waals surface area contributed by atoms with Crippen molar-refractivity contribution in [2.75, 3.05) is 33.8 Å². The van der Waals surface area contributed by atoms with Crippen molar-refractivity contribution in [1.82, 2.24) is 9.80 Å². The summed E-state index contributed by atoms with van der Waals surface area (Å²) in [5, 5.41) is 10.4. The molecule has 188 valence electrons. The van der Waals surface area contributed by atoms with Crippen LogP contribution in [-0.2, 0) is 14.9 Å². The monoisotopic (exact) mass is 478 g/mol. The zero-order valence-electron chi connectivity index (χ0n) is 21.3. The Morgan fingerprint density at radius 1 is 1.29 bits per heavy atom. The van der Waals surface area contributed by atoms with Crippen molar-refractivity contribution in [3.63, 3.8) is 0 Å². The van der Waals surface area contributed by atoms with E-state index in [1.165, 1.54) is 12.8 Å². The molecular weight excluding hydrogens is 440 g/mol. The number of rotatable bonds is 7. The lowest BCUT2D eigenvalue weighted by atomic mass is 9.55. The molecule has 1 aromatic carbocycles. The standard InChI is InChI=1S/C29H38N2O4/c1-20(26-11-15-35-21(26)2)27(33)30(3)24-10-12-29(34-4)19-31(18-22-8-9-22)14-13-28(29,17-24)23-6-5-7-25(32)16-23/h5-7,11,15-16,22,24,32H,1,8-10,12-14,17-19H2,2-4H3. The molecule has 2 aliphatic carbocycles. The minimum Gasteiger partial charge on any atom is -0.508 e. The van der Waals surface area contributed by atoms with Crippen molar-refractivity contribution in [2.45, 2.75) is 62.5 Å². The largest absolute Gasteiger partial charge is 0.508 e. The predicted octanol–water partition coefficient (Wildman–Crippen LogP) is 4.76. The highest BCUT2D eigenvalue weighted by Gasteiger charge is 2.59. The van der Waals surface area contributed by atoms with Crippen LogP contribution in [0.5, 0.6) is 5.75 Å². The smallest absolute Gasteiger partial charge is 0.253 e. The van der Waals surface area contributed by atoms with Crippen LogP contribution >= 0.6 is 0 Å². The van der Waals surface area contributed by atoms with Gasteiger partial charge in [-0.15, -0.1) is 0 Å². The highest BCUT2D eigenvalue weighted by atomic mass is 16.5. The number of methoxy groups -OCH3 is 1. The summed E-state index contributed by atoms with van der Waals surface area (Å²) >= 11 is 0. The summed E-state index contributed by atoms with van der Waals surface area (Å²) in [6, 6.07) is 9.55. The molecule has 2 heterocycles. The van der Waals surface area contributed by atoms with Crippen molar-refractivity contribution in [3.05, 3.63) is 60.1 Å². The van der Waals surface area contributed by atoms with Crippen LogP contribution in [0.15, 0.2) is 47.6 Å². The van der Waals surface area contributed by atoms with E-state index in [1.807, 2.05) is 44.2 Å². The fourth-order valence-electron chi connectivity index (χ4n) is 6.71. The van der Waals surface area contributed by atoms with Gasteiger partial charge in [0.05, 0.1) is 11.9 Å². The van der Waals surface area contributed by atoms with E-state index >= 15 is 0 Å². The lowest BCUT2D eigenvalue weighted by Crippen LogP contribution is -2.68. The normalized spacial score (nSPS) is 28.9. The highest BCUT2D eigenvalue weighted by molar-refractivity contribution is 6.18. The Labute approximate surface area is 208 Å². The number of nitrogens with zero attached hydrogens (tertiary/aromatic N) is 2. The number of hydrogen-bond donors (Lipinski definition) is 1. The van der Waals surface area contributed by atoms with Gasteiger partial charge in [0.2, 0.25) is 0 Å². The summed E-state index contributed by atoms with van der Waals surface area (Å²) in [6.45, 7) is 8.99. The number of amides is 1. The fourth-order valence-corrected chi connectivity index (χ4v) is 6.71. The average Bonchev–Trinajstić information content (AvgIpc) is 3.58. The Morgan fingerprint density at radius 3 is 2.74 bits per heavy atom. The average molecular weight is 479 g/mol. The Hall–Kier alpha value is -2.57. The lowest BCUT2D eigenvalue weighted by Gasteiger charge is -2.60. The van der Waals surface area contributed by atoms with Gasteiger partial charge in [-0.1, -0.05) is 18.7 Å². The first-order valence-corrected chi connectivity index (χ1v) is 12.9. The molecular formula is C29H38N2O4. The van der Waals surface area contributed by atoms with Crippen LogP contribution in [0, 0.1) is 12.8 Å². The number of phenols is 1. The molecule has 2 aromatic rings. The van der Waals surface area contributed by atoms with Gasteiger partial charge in [-0.2, -0.15) is 0 Å². The molecule has 3 fully saturated rings. The van der Waals surface area contributed by atoms with E-state index in [1.54, 1.807) is 12.3 Å². The first kappa shape index (κ1) is 24.1. The second-order valence-corrected chi connectivity index (χ2v) is 10.9. The molecule has 1 saturated heterocycles. The fraction of sp³-hybridized carbons (Fsp3) is 0.552. The van der Waals surface area contributed by atoms with E-state index in [0.717, 1.165) is 62.4 Å². The van der Waals surface area contributed by atoms with E-state index in [2.05, 4.69) is 17.5 Å². The second-order valence-electron chi connectivity index (χ2n) is 10.9. The number of carbonyl (C=O) groups is 1. The zero-order valence-corrected chi connectivity index (χ0v) is 21.3. The van der Waals surface area contributed by atoms with Crippen LogP contribution in [0.2, 0.25) is 0 Å². The van der Waals surface area contributed by atoms with Gasteiger partial charge in [-0.05, 0) is 81.7 Å². The summed E-state index contributed by atoms with van der Waals surface area (Å²) in [5.41, 5.74) is 1.70. The number of likely N-dealkylation sites (N-methyl/N-ethyl adjacent to an activating group) is 1. The first-order valence-electron chi connectivity index (χ1n) is 12.9. The van der Waals surface area contributed by atoms with Crippen molar-refractivity contribution >= 4 is 11.5 Å². The van der Waals surface area contributed by atoms with E-state index in [9.17, 15) is 9.90 Å². The maximum absolute atomic E-state index is 13.5. The minimum absolute atomic E-state index is 0.0482. The van der Waals surface area contributed by atoms with Gasteiger partial charge in [0, 0.05) is 49.8 Å². The summed E-state index contributed by atoms with van der Waals surface area (Å²) in [6.07, 6.45) is 7.74. The molecule has 3 unspecified atom stereocenters. The van der Waals surface area contributed by atoms with Crippen LogP contribution < -0.4 is 0 Å². The Bertz CT molecular complexity index is 1110. The maximum atomic E-state index is 13.5. The number of hydrogen-bond acceptors (Lipinski definition) is 5. The topological polar surface area (TPSA) is 66.2 Å². The van der Waals surface area contributed by atoms with E-state index in [0.29, 0.717) is 11.3 Å². The Kier molecular flexibility index (Phi) is 6.30. The van der Waals surface area contributed by atoms with E-state index in [4.69, 9.17) is 9.15 Å². The second kappa shape index (κ2) is 9.14. The molecule has 6 nitrogen and oxygen atoms in total. The van der Waals surface area contributed by atoms with Crippen molar-refractivity contribution in [3.8, 4) is 5.75 Å². The van der Waals surface area contributed by atoms with Crippen molar-refractivity contribution in [1.29, 1.82) is 0 Å². The molecule has 1 N–H and O–H groups in total. The van der Waals surface area contributed by atoms with Gasteiger partial charge < -0.3 is 24.1 Å². The van der Waals surface area contributed by atoms with Gasteiger partial charge in [-0.3, -0.25) is 4.79 Å². The van der Waals surface area contributed by atoms with Crippen LogP contribution in [0.25, 0.3) is 5.57 Å². The summed E-state index contributed by atoms with van der Waals surface area (Å²) in [7, 11) is 3.74. The quantitative estimate of drug-likeness (QED) is 0.582. The van der Waals surface area contributed by atoms with Gasteiger partial charge in [0.25, 0.3) is 5.91 Å². The lowest BCUT2D eigenvalue weighted by molar-refractivity contribution is -0.159. The SMILES string of the molecule is C=C(C(=O)N(C)C1CCC2(OC)CN(CC3CC3)CCC2(c2cccc(O)c2)C1)c1ccoc1C. The van der Waals surface area contributed by atoms with E-state index < -0.39 is 0 Å². The molecule has 1 aromatic heterocycles. The molecule has 0 radical (unpaired) electrons. The van der Waals surface area contributed by atoms with Crippen LogP contribution in [0.1, 0.15) is 55.4 Å². The first-order chi connectivity index (χ1) is 16.8. The predicted molar refractivity (Wildman–Crippen MR) is 136 cm³/mol. The summed E-state index contributed by atoms with van der Waals surface area (Å²) < 4.78 is 11.9. The van der Waals surface area contributed by atoms with Gasteiger partial charge in [0.1, 0.15) is 11.5 Å². The number of aromatic hydroxyl groups is 1. The third kappa shape index (κ3) is 4.21. The summed E-state index contributed by atoms with van der Waals surface area (Å²) in [5.74, 6) is 1.74. The van der Waals surface area contributed by atoms with Crippen LogP contribution in [0.3, 0.4) is 0 Å². The molecule has 3 aliphatic rings. The molecule has 0 bridgehead atoms. The maximum Gasteiger partial charge on any atom is 0.253 e. The molecule has 3 atom stereocenters. The van der Waals surface area contributed by atoms with Gasteiger partial charge in [0.15, 0.2) is 0 Å². The number of phenolic OH excluding ortho intramolecular Hbond substituents is 1. The Morgan fingerprint density at radius 2 is 2.09 bits per heavy atom. The van der Waals surface area contributed by atoms with Crippen molar-refractivity contribution < 1.29 is 19.1 Å². The van der Waals surface area contributed by atoms with Crippen molar-refractivity contribution in [2.24, 2.45) is 5.92 Å². The Balaban J connectivity index is 1.46. The third-order valence-corrected chi connectivity index (χ3v) is 8.98. The molecule has 1 amide bonds. The number of furan rings is 1. The number of fused-ring (bicyclic) bond motifs is 1. The highest BCUT2D eigenvalue weighted by Crippen LogP contribution is 2.55. The number of ether oxygens (including phenoxy) is 1. The third-order valence-electron chi connectivity index (χ3n) is 8.98. The number of carbonyl (C=O) groups excluding carboxylic acids is 1. The number of aryl methyl sites for hydroxylation is 1. The molecule has 0 spiro atoms.